The van der Waals surface area contributed by atoms with Crippen LogP contribution in [0.15, 0.2) is 6.33 Å². The number of hydrogen-bond acceptors (Lipinski definition) is 5. The molecule has 0 unspecified atom stereocenters. The highest BCUT2D eigenvalue weighted by molar-refractivity contribution is 6.32. The molecule has 0 bridgehead atoms. The molecule has 0 N–H and O–H groups in total. The highest BCUT2D eigenvalue weighted by atomic mass is 35.5. The van der Waals surface area contributed by atoms with Gasteiger partial charge in [0.1, 0.15) is 17.3 Å². The fourth-order valence-electron chi connectivity index (χ4n) is 2.49. The molecular weight excluding hydrogens is 264 g/mol. The van der Waals surface area contributed by atoms with Gasteiger partial charge < -0.3 is 9.80 Å². The molecule has 5 nitrogen and oxygen atoms in total. The molecule has 0 aromatic carbocycles. The molecule has 104 valence electrons. The van der Waals surface area contributed by atoms with Crippen LogP contribution >= 0.6 is 11.6 Å². The topological polar surface area (TPSA) is 49.3 Å². The molecule has 1 aliphatic heterocycles. The number of carbonyl (C=O) groups excluding carboxylic acids is 1. The van der Waals surface area contributed by atoms with E-state index in [1.165, 1.54) is 19.2 Å². The summed E-state index contributed by atoms with van der Waals surface area (Å²) in [5.74, 6) is 1.25. The first-order valence-electron chi connectivity index (χ1n) is 6.47. The second-order valence-electron chi connectivity index (χ2n) is 5.15. The highest BCUT2D eigenvalue weighted by Gasteiger charge is 2.20. The van der Waals surface area contributed by atoms with Gasteiger partial charge in [-0.3, -0.25) is 4.79 Å². The van der Waals surface area contributed by atoms with Gasteiger partial charge in [0.05, 0.1) is 5.56 Å². The van der Waals surface area contributed by atoms with Crippen molar-refractivity contribution in [2.75, 3.05) is 38.6 Å². The largest absolute Gasteiger partial charge is 0.359 e. The van der Waals surface area contributed by atoms with Crippen LogP contribution in [0, 0.1) is 5.92 Å². The molecule has 0 atom stereocenters. The van der Waals surface area contributed by atoms with Crippen molar-refractivity contribution in [3.8, 4) is 0 Å². The van der Waals surface area contributed by atoms with Crippen molar-refractivity contribution < 1.29 is 4.79 Å². The lowest BCUT2D eigenvalue weighted by Gasteiger charge is -2.32. The Hall–Kier alpha value is -1.20. The Morgan fingerprint density at radius 1 is 1.47 bits per heavy atom. The third-order valence-corrected chi connectivity index (χ3v) is 3.97. The van der Waals surface area contributed by atoms with E-state index in [4.69, 9.17) is 11.6 Å². The Kier molecular flexibility index (Phi) is 4.71. The van der Waals surface area contributed by atoms with Crippen molar-refractivity contribution in [1.82, 2.24) is 14.9 Å². The summed E-state index contributed by atoms with van der Waals surface area (Å²) in [4.78, 5) is 23.5. The Morgan fingerprint density at radius 3 is 2.79 bits per heavy atom. The molecule has 1 aromatic rings. The van der Waals surface area contributed by atoms with Gasteiger partial charge in [0, 0.05) is 13.6 Å². The van der Waals surface area contributed by atoms with E-state index in [-0.39, 0.29) is 5.15 Å². The van der Waals surface area contributed by atoms with E-state index < -0.39 is 0 Å². The Morgan fingerprint density at radius 2 is 2.16 bits per heavy atom. The molecule has 1 fully saturated rings. The zero-order valence-electron chi connectivity index (χ0n) is 11.3. The summed E-state index contributed by atoms with van der Waals surface area (Å²) in [6, 6.07) is 0. The lowest BCUT2D eigenvalue weighted by molar-refractivity contribution is 0.112. The van der Waals surface area contributed by atoms with Crippen LogP contribution in [-0.2, 0) is 0 Å². The number of piperidine rings is 1. The molecule has 1 saturated heterocycles. The third kappa shape index (κ3) is 3.42. The van der Waals surface area contributed by atoms with Crippen LogP contribution in [0.25, 0.3) is 0 Å². The summed E-state index contributed by atoms with van der Waals surface area (Å²) in [5, 5.41) is 0.218. The lowest BCUT2D eigenvalue weighted by Crippen LogP contribution is -2.36. The average Bonchev–Trinajstić information content (AvgIpc) is 2.41. The lowest BCUT2D eigenvalue weighted by atomic mass is 9.96. The average molecular weight is 283 g/mol. The normalized spacial score (nSPS) is 17.4. The molecule has 0 amide bonds. The summed E-state index contributed by atoms with van der Waals surface area (Å²) >= 11 is 5.92. The molecule has 0 spiro atoms. The molecule has 2 rings (SSSR count). The zero-order valence-corrected chi connectivity index (χ0v) is 12.1. The van der Waals surface area contributed by atoms with Crippen molar-refractivity contribution in [2.45, 2.75) is 12.8 Å². The molecule has 6 heteroatoms. The van der Waals surface area contributed by atoms with Crippen LogP contribution in [-0.4, -0.2) is 54.9 Å². The molecule has 1 aromatic heterocycles. The van der Waals surface area contributed by atoms with Crippen LogP contribution in [0.1, 0.15) is 23.2 Å². The van der Waals surface area contributed by atoms with Gasteiger partial charge in [-0.25, -0.2) is 9.97 Å². The number of nitrogens with zero attached hydrogens (tertiary/aromatic N) is 4. The first-order valence-corrected chi connectivity index (χ1v) is 6.85. The van der Waals surface area contributed by atoms with Crippen molar-refractivity contribution in [3.05, 3.63) is 17.0 Å². The number of rotatable bonds is 4. The Labute approximate surface area is 118 Å². The van der Waals surface area contributed by atoms with Crippen LogP contribution < -0.4 is 4.90 Å². The van der Waals surface area contributed by atoms with Gasteiger partial charge in [-0.15, -0.1) is 0 Å². The summed E-state index contributed by atoms with van der Waals surface area (Å²) in [6.07, 6.45) is 4.48. The fourth-order valence-corrected chi connectivity index (χ4v) is 2.66. The molecule has 0 radical (unpaired) electrons. The number of anilines is 1. The van der Waals surface area contributed by atoms with E-state index in [2.05, 4.69) is 21.9 Å². The van der Waals surface area contributed by atoms with Gasteiger partial charge in [-0.1, -0.05) is 11.6 Å². The highest BCUT2D eigenvalue weighted by Crippen LogP contribution is 2.23. The molecule has 0 aliphatic carbocycles. The number of aldehydes is 1. The summed E-state index contributed by atoms with van der Waals surface area (Å²) in [6.45, 7) is 3.15. The molecule has 1 aliphatic rings. The van der Waals surface area contributed by atoms with Crippen LogP contribution in [0.3, 0.4) is 0 Å². The van der Waals surface area contributed by atoms with Crippen molar-refractivity contribution in [1.29, 1.82) is 0 Å². The molecule has 2 heterocycles. The van der Waals surface area contributed by atoms with E-state index in [0.29, 0.717) is 17.3 Å². The Bertz CT molecular complexity index is 446. The first kappa shape index (κ1) is 14.2. The van der Waals surface area contributed by atoms with Gasteiger partial charge in [-0.05, 0) is 38.9 Å². The fraction of sp³-hybridized carbons (Fsp3) is 0.615. The second kappa shape index (κ2) is 6.30. The number of carbonyl (C=O) groups is 1. The van der Waals surface area contributed by atoms with Gasteiger partial charge in [-0.2, -0.15) is 0 Å². The maximum absolute atomic E-state index is 11.1. The number of likely N-dealkylation sites (tertiary alicyclic amines) is 1. The van der Waals surface area contributed by atoms with Gasteiger partial charge in [0.2, 0.25) is 0 Å². The summed E-state index contributed by atoms with van der Waals surface area (Å²) in [7, 11) is 4.10. The number of halogens is 1. The predicted octanol–water partition coefficient (Wildman–Crippen LogP) is 1.72. The maximum atomic E-state index is 11.1. The second-order valence-corrected chi connectivity index (χ2v) is 5.50. The SMILES string of the molecule is CN1CCC(CN(C)c2ncnc(Cl)c2C=O)CC1. The van der Waals surface area contributed by atoms with E-state index in [0.717, 1.165) is 25.9 Å². The minimum Gasteiger partial charge on any atom is -0.359 e. The minimum absolute atomic E-state index is 0.218. The van der Waals surface area contributed by atoms with E-state index >= 15 is 0 Å². The molecule has 0 saturated carbocycles. The summed E-state index contributed by atoms with van der Waals surface area (Å²) < 4.78 is 0. The third-order valence-electron chi connectivity index (χ3n) is 3.66. The van der Waals surface area contributed by atoms with Crippen molar-refractivity contribution >= 4 is 23.7 Å². The predicted molar refractivity (Wildman–Crippen MR) is 75.9 cm³/mol. The smallest absolute Gasteiger partial charge is 0.156 e. The van der Waals surface area contributed by atoms with Crippen molar-refractivity contribution in [3.63, 3.8) is 0 Å². The number of aromatic nitrogens is 2. The van der Waals surface area contributed by atoms with Crippen LogP contribution in [0.2, 0.25) is 5.15 Å². The van der Waals surface area contributed by atoms with Gasteiger partial charge in [0.25, 0.3) is 0 Å². The minimum atomic E-state index is 0.218. The van der Waals surface area contributed by atoms with Crippen LogP contribution in [0.4, 0.5) is 5.82 Å². The number of hydrogen-bond donors (Lipinski definition) is 0. The molecular formula is C13H19ClN4O. The summed E-state index contributed by atoms with van der Waals surface area (Å²) in [5.41, 5.74) is 0.375. The monoisotopic (exact) mass is 282 g/mol. The van der Waals surface area contributed by atoms with Crippen LogP contribution in [0.5, 0.6) is 0 Å². The van der Waals surface area contributed by atoms with Gasteiger partial charge >= 0.3 is 0 Å². The quantitative estimate of drug-likeness (QED) is 0.622. The van der Waals surface area contributed by atoms with E-state index in [1.807, 2.05) is 11.9 Å². The van der Waals surface area contributed by atoms with E-state index in [1.54, 1.807) is 0 Å². The zero-order chi connectivity index (χ0) is 13.8. The standard InChI is InChI=1S/C13H19ClN4O/c1-17-5-3-10(4-6-17)7-18(2)13-11(8-19)12(14)15-9-16-13/h8-10H,3-7H2,1-2H3. The Balaban J connectivity index is 2.05. The maximum Gasteiger partial charge on any atom is 0.156 e. The van der Waals surface area contributed by atoms with E-state index in [9.17, 15) is 4.79 Å². The van der Waals surface area contributed by atoms with Crippen molar-refractivity contribution in [2.24, 2.45) is 5.92 Å². The molecule has 19 heavy (non-hydrogen) atoms. The van der Waals surface area contributed by atoms with Gasteiger partial charge in [0.15, 0.2) is 6.29 Å². The first-order chi connectivity index (χ1) is 9.11.